The van der Waals surface area contributed by atoms with Crippen molar-refractivity contribution in [2.24, 2.45) is 0 Å². The maximum absolute atomic E-state index is 5.95. The molecule has 0 saturated heterocycles. The zero-order valence-electron chi connectivity index (χ0n) is 10.4. The zero-order chi connectivity index (χ0) is 14.1. The molecule has 0 saturated carbocycles. The fourth-order valence-electron chi connectivity index (χ4n) is 1.84. The first kappa shape index (κ1) is 13.2. The molecule has 6 heteroatoms. The van der Waals surface area contributed by atoms with E-state index in [0.29, 0.717) is 51.9 Å². The molecule has 0 amide bonds. The van der Waals surface area contributed by atoms with E-state index in [-0.39, 0.29) is 0 Å². The molecule has 0 unspecified atom stereocenters. The summed E-state index contributed by atoms with van der Waals surface area (Å²) in [6, 6.07) is 8.38. The molecule has 20 heavy (non-hydrogen) atoms. The van der Waals surface area contributed by atoms with Crippen LogP contribution < -0.4 is 19.9 Å². The number of hydrogen-bond acceptors (Lipinski definition) is 4. The quantitative estimate of drug-likeness (QED) is 0.847. The van der Waals surface area contributed by atoms with Gasteiger partial charge in [0.1, 0.15) is 19.0 Å². The van der Waals surface area contributed by atoms with Gasteiger partial charge >= 0.3 is 0 Å². The summed E-state index contributed by atoms with van der Waals surface area (Å²) in [4.78, 5) is 0. The summed E-state index contributed by atoms with van der Waals surface area (Å²) in [7, 11) is 0. The Bertz CT molecular complexity index is 661. The molecule has 2 aromatic carbocycles. The van der Waals surface area contributed by atoms with E-state index in [1.54, 1.807) is 30.3 Å². The highest BCUT2D eigenvalue weighted by molar-refractivity contribution is 6.42. The Morgan fingerprint density at radius 1 is 0.950 bits per heavy atom. The number of hydrogen-bond donors (Lipinski definition) is 1. The van der Waals surface area contributed by atoms with Crippen molar-refractivity contribution in [2.45, 2.75) is 0 Å². The van der Waals surface area contributed by atoms with Gasteiger partial charge in [0.15, 0.2) is 17.2 Å². The summed E-state index contributed by atoms with van der Waals surface area (Å²) in [5, 5.41) is 0.884. The van der Waals surface area contributed by atoms with Gasteiger partial charge in [0.25, 0.3) is 0 Å². The average molecular weight is 312 g/mol. The van der Waals surface area contributed by atoms with Crippen LogP contribution in [0.1, 0.15) is 0 Å². The Hall–Kier alpha value is -1.78. The van der Waals surface area contributed by atoms with Crippen molar-refractivity contribution in [2.75, 3.05) is 18.9 Å². The van der Waals surface area contributed by atoms with Crippen LogP contribution >= 0.6 is 23.2 Å². The molecule has 2 N–H and O–H groups in total. The van der Waals surface area contributed by atoms with Gasteiger partial charge in [0.2, 0.25) is 0 Å². The minimum absolute atomic E-state index is 0.417. The van der Waals surface area contributed by atoms with E-state index in [0.717, 1.165) is 0 Å². The van der Waals surface area contributed by atoms with Gasteiger partial charge < -0.3 is 19.9 Å². The summed E-state index contributed by atoms with van der Waals surface area (Å²) in [6.45, 7) is 1.02. The molecule has 0 aromatic heterocycles. The number of rotatable bonds is 2. The third kappa shape index (κ3) is 2.57. The number of ether oxygens (including phenoxy) is 3. The summed E-state index contributed by atoms with van der Waals surface area (Å²) < 4.78 is 16.6. The van der Waals surface area contributed by atoms with Gasteiger partial charge in [-0.25, -0.2) is 0 Å². The normalized spacial score (nSPS) is 13.1. The van der Waals surface area contributed by atoms with Crippen molar-refractivity contribution in [1.29, 1.82) is 0 Å². The fourth-order valence-corrected chi connectivity index (χ4v) is 2.13. The SMILES string of the molecule is Nc1cc2c(cc1Oc1ccc(Cl)c(Cl)c1)OCCO2. The number of fused-ring (bicyclic) bond motifs is 1. The van der Waals surface area contributed by atoms with Gasteiger partial charge in [-0.1, -0.05) is 23.2 Å². The van der Waals surface area contributed by atoms with Gasteiger partial charge in [-0.3, -0.25) is 0 Å². The molecule has 0 atom stereocenters. The van der Waals surface area contributed by atoms with E-state index in [1.807, 2.05) is 0 Å². The maximum atomic E-state index is 5.95. The number of anilines is 1. The van der Waals surface area contributed by atoms with Gasteiger partial charge in [0, 0.05) is 18.2 Å². The molecule has 0 radical (unpaired) electrons. The fraction of sp³-hybridized carbons (Fsp3) is 0.143. The number of nitrogen functional groups attached to an aromatic ring is 1. The second-order valence-electron chi connectivity index (χ2n) is 4.21. The van der Waals surface area contributed by atoms with Crippen molar-refractivity contribution in [1.82, 2.24) is 0 Å². The molecule has 0 spiro atoms. The van der Waals surface area contributed by atoms with E-state index in [4.69, 9.17) is 43.1 Å². The molecular weight excluding hydrogens is 301 g/mol. The lowest BCUT2D eigenvalue weighted by molar-refractivity contribution is 0.171. The largest absolute Gasteiger partial charge is 0.486 e. The molecule has 0 aliphatic carbocycles. The maximum Gasteiger partial charge on any atom is 0.165 e. The molecule has 0 bridgehead atoms. The number of benzene rings is 2. The van der Waals surface area contributed by atoms with Gasteiger partial charge in [-0.15, -0.1) is 0 Å². The first-order valence-corrected chi connectivity index (χ1v) is 6.71. The van der Waals surface area contributed by atoms with Crippen molar-refractivity contribution < 1.29 is 14.2 Å². The van der Waals surface area contributed by atoms with Crippen molar-refractivity contribution in [3.63, 3.8) is 0 Å². The minimum Gasteiger partial charge on any atom is -0.486 e. The van der Waals surface area contributed by atoms with Crippen LogP contribution in [0.4, 0.5) is 5.69 Å². The lowest BCUT2D eigenvalue weighted by Crippen LogP contribution is -2.15. The van der Waals surface area contributed by atoms with E-state index in [9.17, 15) is 0 Å². The summed E-state index contributed by atoms with van der Waals surface area (Å²) in [5.74, 6) is 2.26. The van der Waals surface area contributed by atoms with Crippen LogP contribution in [0.25, 0.3) is 0 Å². The molecule has 1 heterocycles. The second kappa shape index (κ2) is 5.31. The topological polar surface area (TPSA) is 53.7 Å². The summed E-state index contributed by atoms with van der Waals surface area (Å²) >= 11 is 11.8. The van der Waals surface area contributed by atoms with Gasteiger partial charge in [-0.2, -0.15) is 0 Å². The van der Waals surface area contributed by atoms with Crippen LogP contribution in [0.15, 0.2) is 30.3 Å². The highest BCUT2D eigenvalue weighted by Crippen LogP contribution is 2.40. The molecule has 104 valence electrons. The van der Waals surface area contributed by atoms with Gasteiger partial charge in [-0.05, 0) is 12.1 Å². The predicted molar refractivity (Wildman–Crippen MR) is 78.4 cm³/mol. The standard InChI is InChI=1S/C14H11Cl2NO3/c15-9-2-1-8(5-10(9)16)20-12-7-14-13(6-11(12)17)18-3-4-19-14/h1-2,5-7H,3-4,17H2. The van der Waals surface area contributed by atoms with Gasteiger partial charge in [0.05, 0.1) is 15.7 Å². The van der Waals surface area contributed by atoms with Crippen LogP contribution in [0, 0.1) is 0 Å². The molecule has 1 aliphatic heterocycles. The smallest absolute Gasteiger partial charge is 0.165 e. The Morgan fingerprint density at radius 3 is 2.35 bits per heavy atom. The summed E-state index contributed by atoms with van der Waals surface area (Å²) in [5.41, 5.74) is 6.40. The number of nitrogens with two attached hydrogens (primary N) is 1. The zero-order valence-corrected chi connectivity index (χ0v) is 11.9. The molecule has 2 aromatic rings. The Labute approximate surface area is 125 Å². The highest BCUT2D eigenvalue weighted by atomic mass is 35.5. The second-order valence-corrected chi connectivity index (χ2v) is 5.03. The first-order chi connectivity index (χ1) is 9.63. The van der Waals surface area contributed by atoms with Crippen LogP contribution in [-0.4, -0.2) is 13.2 Å². The Kier molecular flexibility index (Phi) is 3.51. The van der Waals surface area contributed by atoms with Crippen LogP contribution in [0.2, 0.25) is 10.0 Å². The Balaban J connectivity index is 1.92. The number of halogens is 2. The van der Waals surface area contributed by atoms with Crippen LogP contribution in [0.3, 0.4) is 0 Å². The van der Waals surface area contributed by atoms with Crippen LogP contribution in [-0.2, 0) is 0 Å². The van der Waals surface area contributed by atoms with Crippen molar-refractivity contribution in [3.8, 4) is 23.0 Å². The molecule has 0 fully saturated rings. The molecule has 1 aliphatic rings. The van der Waals surface area contributed by atoms with E-state index in [1.165, 1.54) is 0 Å². The van der Waals surface area contributed by atoms with E-state index >= 15 is 0 Å². The molecule has 4 nitrogen and oxygen atoms in total. The lowest BCUT2D eigenvalue weighted by Gasteiger charge is -2.20. The average Bonchev–Trinajstić information content (AvgIpc) is 2.44. The first-order valence-electron chi connectivity index (χ1n) is 5.95. The molecule has 3 rings (SSSR count). The Morgan fingerprint density at radius 2 is 1.65 bits per heavy atom. The molecular formula is C14H11Cl2NO3. The van der Waals surface area contributed by atoms with E-state index < -0.39 is 0 Å². The minimum atomic E-state index is 0.417. The monoisotopic (exact) mass is 311 g/mol. The predicted octanol–water partition coefficient (Wildman–Crippen LogP) is 4.14. The van der Waals surface area contributed by atoms with Crippen LogP contribution in [0.5, 0.6) is 23.0 Å². The summed E-state index contributed by atoms with van der Waals surface area (Å²) in [6.07, 6.45) is 0. The van der Waals surface area contributed by atoms with E-state index in [2.05, 4.69) is 0 Å². The third-order valence-corrected chi connectivity index (χ3v) is 3.53. The highest BCUT2D eigenvalue weighted by Gasteiger charge is 2.16. The van der Waals surface area contributed by atoms with Crippen molar-refractivity contribution >= 4 is 28.9 Å². The lowest BCUT2D eigenvalue weighted by atomic mass is 10.2. The van der Waals surface area contributed by atoms with Crippen molar-refractivity contribution in [3.05, 3.63) is 40.4 Å². The third-order valence-electron chi connectivity index (χ3n) is 2.79.